The molecule has 0 amide bonds. The van der Waals surface area contributed by atoms with Crippen LogP contribution < -0.4 is 19.7 Å². The van der Waals surface area contributed by atoms with Crippen molar-refractivity contribution in [2.75, 3.05) is 35.1 Å². The van der Waals surface area contributed by atoms with Crippen LogP contribution in [0.25, 0.3) is 0 Å². The van der Waals surface area contributed by atoms with Crippen molar-refractivity contribution in [3.63, 3.8) is 0 Å². The van der Waals surface area contributed by atoms with Gasteiger partial charge in [0, 0.05) is 36.2 Å². The average Bonchev–Trinajstić information content (AvgIpc) is 2.81. The van der Waals surface area contributed by atoms with Crippen LogP contribution in [-0.2, 0) is 10.0 Å². The van der Waals surface area contributed by atoms with E-state index < -0.39 is 10.0 Å². The van der Waals surface area contributed by atoms with Gasteiger partial charge < -0.3 is 15.0 Å². The molecule has 0 radical (unpaired) electrons. The van der Waals surface area contributed by atoms with Gasteiger partial charge in [0.2, 0.25) is 5.95 Å². The number of benzene rings is 2. The fourth-order valence-electron chi connectivity index (χ4n) is 4.13. The van der Waals surface area contributed by atoms with Crippen LogP contribution in [0.1, 0.15) is 36.1 Å². The van der Waals surface area contributed by atoms with Crippen LogP contribution in [0.4, 0.5) is 23.1 Å². The molecule has 34 heavy (non-hydrogen) atoms. The van der Waals surface area contributed by atoms with E-state index in [9.17, 15) is 8.42 Å². The summed E-state index contributed by atoms with van der Waals surface area (Å²) >= 11 is 0. The monoisotopic (exact) mass is 481 g/mol. The maximum Gasteiger partial charge on any atom is 0.262 e. The summed E-state index contributed by atoms with van der Waals surface area (Å²) in [6, 6.07) is 12.4. The highest BCUT2D eigenvalue weighted by Crippen LogP contribution is 2.28. The third-order valence-corrected chi connectivity index (χ3v) is 7.42. The van der Waals surface area contributed by atoms with Crippen LogP contribution in [-0.4, -0.2) is 38.6 Å². The predicted molar refractivity (Wildman–Crippen MR) is 136 cm³/mol. The predicted octanol–water partition coefficient (Wildman–Crippen LogP) is 4.95. The highest BCUT2D eigenvalue weighted by molar-refractivity contribution is 7.92. The number of methoxy groups -OCH3 is 1. The summed E-state index contributed by atoms with van der Waals surface area (Å²) < 4.78 is 33.9. The second kappa shape index (κ2) is 9.89. The van der Waals surface area contributed by atoms with Crippen molar-refractivity contribution in [2.45, 2.75) is 44.9 Å². The second-order valence-electron chi connectivity index (χ2n) is 8.63. The fraction of sp³-hybridized carbons (Fsp3) is 0.360. The molecule has 4 rings (SSSR count). The maximum atomic E-state index is 13.0. The third-order valence-electron chi connectivity index (χ3n) is 5.90. The molecule has 1 aliphatic heterocycles. The second-order valence-corrected chi connectivity index (χ2v) is 10.3. The molecule has 0 bridgehead atoms. The van der Waals surface area contributed by atoms with E-state index in [1.807, 2.05) is 19.9 Å². The van der Waals surface area contributed by atoms with Crippen molar-refractivity contribution in [3.05, 3.63) is 59.3 Å². The first-order valence-electron chi connectivity index (χ1n) is 11.4. The minimum atomic E-state index is -3.74. The van der Waals surface area contributed by atoms with E-state index in [0.717, 1.165) is 35.9 Å². The number of aryl methyl sites for hydroxylation is 3. The van der Waals surface area contributed by atoms with Crippen LogP contribution in [0.5, 0.6) is 5.75 Å². The minimum absolute atomic E-state index is 0.228. The zero-order valence-electron chi connectivity index (χ0n) is 20.1. The molecule has 180 valence electrons. The van der Waals surface area contributed by atoms with E-state index in [1.165, 1.54) is 19.3 Å². The van der Waals surface area contributed by atoms with Crippen molar-refractivity contribution < 1.29 is 13.2 Å². The number of hydrogen-bond acceptors (Lipinski definition) is 7. The number of ether oxygens (including phenoxy) is 1. The van der Waals surface area contributed by atoms with Crippen molar-refractivity contribution in [3.8, 4) is 5.75 Å². The first-order valence-corrected chi connectivity index (χ1v) is 12.9. The molecule has 0 aliphatic carbocycles. The van der Waals surface area contributed by atoms with E-state index in [-0.39, 0.29) is 4.90 Å². The quantitative estimate of drug-likeness (QED) is 0.493. The van der Waals surface area contributed by atoms with Gasteiger partial charge in [-0.2, -0.15) is 4.98 Å². The number of rotatable bonds is 7. The molecule has 1 aliphatic rings. The lowest BCUT2D eigenvalue weighted by atomic mass is 10.1. The van der Waals surface area contributed by atoms with E-state index in [2.05, 4.69) is 24.9 Å². The largest absolute Gasteiger partial charge is 0.496 e. The van der Waals surface area contributed by atoms with Crippen molar-refractivity contribution in [1.29, 1.82) is 0 Å². The van der Waals surface area contributed by atoms with Crippen molar-refractivity contribution in [1.82, 2.24) is 9.97 Å². The maximum absolute atomic E-state index is 13.0. The van der Waals surface area contributed by atoms with Gasteiger partial charge in [-0.1, -0.05) is 0 Å². The van der Waals surface area contributed by atoms with Gasteiger partial charge in [-0.25, -0.2) is 13.4 Å². The molecule has 1 fully saturated rings. The fourth-order valence-corrected chi connectivity index (χ4v) is 5.50. The van der Waals surface area contributed by atoms with Crippen LogP contribution in [0.2, 0.25) is 0 Å². The van der Waals surface area contributed by atoms with Crippen LogP contribution in [0.3, 0.4) is 0 Å². The summed E-state index contributed by atoms with van der Waals surface area (Å²) in [5.74, 6) is 2.12. The molecule has 2 N–H and O–H groups in total. The SMILES string of the molecule is COc1cc(C)c(S(=O)(=O)Nc2ccc(Nc3nc(C)cc(N4CCCCC4)n3)cc2)cc1C. The number of aromatic nitrogens is 2. The van der Waals surface area contributed by atoms with E-state index in [0.29, 0.717) is 22.9 Å². The molecule has 0 saturated carbocycles. The summed E-state index contributed by atoms with van der Waals surface area (Å²) in [6.45, 7) is 7.56. The number of nitrogens with zero attached hydrogens (tertiary/aromatic N) is 3. The molecule has 1 aromatic heterocycles. The molecule has 9 heteroatoms. The zero-order chi connectivity index (χ0) is 24.3. The van der Waals surface area contributed by atoms with Crippen molar-refractivity contribution >= 4 is 33.2 Å². The highest BCUT2D eigenvalue weighted by Gasteiger charge is 2.19. The molecule has 3 aromatic rings. The number of hydrogen-bond donors (Lipinski definition) is 2. The Labute approximate surface area is 201 Å². The van der Waals surface area contributed by atoms with Gasteiger partial charge in [-0.3, -0.25) is 4.72 Å². The number of sulfonamides is 1. The first-order chi connectivity index (χ1) is 16.2. The molecule has 0 atom stereocenters. The Morgan fingerprint density at radius 3 is 2.24 bits per heavy atom. The number of anilines is 4. The topological polar surface area (TPSA) is 96.5 Å². The lowest BCUT2D eigenvalue weighted by Crippen LogP contribution is -2.30. The number of piperidine rings is 1. The Hall–Kier alpha value is -3.33. The van der Waals surface area contributed by atoms with Crippen LogP contribution in [0.15, 0.2) is 47.4 Å². The van der Waals surface area contributed by atoms with Gasteiger partial charge in [0.05, 0.1) is 12.0 Å². The highest BCUT2D eigenvalue weighted by atomic mass is 32.2. The van der Waals surface area contributed by atoms with Gasteiger partial charge in [0.25, 0.3) is 10.0 Å². The molecule has 2 heterocycles. The Bertz CT molecular complexity index is 1270. The summed E-state index contributed by atoms with van der Waals surface area (Å²) in [5, 5.41) is 3.24. The lowest BCUT2D eigenvalue weighted by Gasteiger charge is -2.28. The standard InChI is InChI=1S/C25H31N5O3S/c1-17-15-23(18(2)14-22(17)33-4)34(31,32)29-21-10-8-20(9-11-21)27-25-26-19(3)16-24(28-25)30-12-6-5-7-13-30/h8-11,14-16,29H,5-7,12-13H2,1-4H3,(H,26,27,28). The Morgan fingerprint density at radius 1 is 0.882 bits per heavy atom. The summed E-state index contributed by atoms with van der Waals surface area (Å²) in [5.41, 5.74) is 3.52. The third kappa shape index (κ3) is 5.41. The van der Waals surface area contributed by atoms with Gasteiger partial charge in [0.15, 0.2) is 0 Å². The van der Waals surface area contributed by atoms with Gasteiger partial charge in [-0.15, -0.1) is 0 Å². The Kier molecular flexibility index (Phi) is 6.92. The molecular formula is C25H31N5O3S. The van der Waals surface area contributed by atoms with Gasteiger partial charge in [0.1, 0.15) is 11.6 Å². The Morgan fingerprint density at radius 2 is 1.56 bits per heavy atom. The number of nitrogens with one attached hydrogen (secondary N) is 2. The van der Waals surface area contributed by atoms with E-state index in [1.54, 1.807) is 50.4 Å². The normalized spacial score (nSPS) is 14.1. The molecule has 8 nitrogen and oxygen atoms in total. The van der Waals surface area contributed by atoms with Gasteiger partial charge in [-0.05, 0) is 87.6 Å². The molecule has 0 spiro atoms. The average molecular weight is 482 g/mol. The summed E-state index contributed by atoms with van der Waals surface area (Å²) in [4.78, 5) is 11.7. The Balaban J connectivity index is 1.49. The van der Waals surface area contributed by atoms with E-state index >= 15 is 0 Å². The summed E-state index contributed by atoms with van der Waals surface area (Å²) in [7, 11) is -2.17. The molecule has 0 unspecified atom stereocenters. The molecule has 2 aromatic carbocycles. The van der Waals surface area contributed by atoms with Gasteiger partial charge >= 0.3 is 0 Å². The first kappa shape index (κ1) is 23.8. The molecule has 1 saturated heterocycles. The lowest BCUT2D eigenvalue weighted by molar-refractivity contribution is 0.411. The zero-order valence-corrected chi connectivity index (χ0v) is 20.9. The van der Waals surface area contributed by atoms with E-state index in [4.69, 9.17) is 4.74 Å². The van der Waals surface area contributed by atoms with Crippen molar-refractivity contribution in [2.24, 2.45) is 0 Å². The minimum Gasteiger partial charge on any atom is -0.496 e. The summed E-state index contributed by atoms with van der Waals surface area (Å²) in [6.07, 6.45) is 3.62. The molecular weight excluding hydrogens is 450 g/mol. The van der Waals surface area contributed by atoms with Crippen LogP contribution in [0, 0.1) is 20.8 Å². The smallest absolute Gasteiger partial charge is 0.262 e. The van der Waals surface area contributed by atoms with Crippen LogP contribution >= 0.6 is 0 Å².